The van der Waals surface area contributed by atoms with E-state index in [1.165, 1.54) is 40.9 Å². The van der Waals surface area contributed by atoms with Crippen LogP contribution in [-0.4, -0.2) is 62.8 Å². The molecule has 0 saturated carbocycles. The average Bonchev–Trinajstić information content (AvgIpc) is 3.80. The molecule has 4 atom stereocenters. The summed E-state index contributed by atoms with van der Waals surface area (Å²) in [5.41, 5.74) is 18.0. The lowest BCUT2D eigenvalue weighted by atomic mass is 9.99. The van der Waals surface area contributed by atoms with Crippen molar-refractivity contribution in [3.05, 3.63) is 46.7 Å². The number of nitrogens with one attached hydrogen (secondary N) is 7. The Morgan fingerprint density at radius 3 is 2.00 bits per heavy atom. The predicted octanol–water partition coefficient (Wildman–Crippen LogP) is 3.38. The molecule has 1 unspecified atom stereocenters. The Labute approximate surface area is 334 Å². The van der Waals surface area contributed by atoms with Crippen LogP contribution in [0, 0.1) is 29.6 Å². The van der Waals surface area contributed by atoms with E-state index in [4.69, 9.17) is 38.0 Å². The summed E-state index contributed by atoms with van der Waals surface area (Å²) in [6, 6.07) is -1.75. The van der Waals surface area contributed by atoms with Gasteiger partial charge in [-0.15, -0.1) is 34.0 Å². The van der Waals surface area contributed by atoms with E-state index in [1.54, 1.807) is 6.92 Å². The van der Waals surface area contributed by atoms with Crippen LogP contribution in [0.25, 0.3) is 0 Å². The fourth-order valence-electron chi connectivity index (χ4n) is 5.91. The molecule has 3 heterocycles. The normalized spacial score (nSPS) is 13.6. The van der Waals surface area contributed by atoms with Crippen molar-refractivity contribution in [3.8, 4) is 0 Å². The number of aryl methyl sites for hydroxylation is 2. The first-order valence-electron chi connectivity index (χ1n) is 18.3. The third-order valence-electron chi connectivity index (χ3n) is 8.18. The number of amides is 3. The number of guanidine groups is 2. The summed E-state index contributed by atoms with van der Waals surface area (Å²) in [7, 11) is 0. The fraction of sp³-hybridized carbons (Fsp3) is 0.600. The quantitative estimate of drug-likeness (QED) is 0.0301. The first-order chi connectivity index (χ1) is 25.9. The molecule has 3 rings (SSSR count). The van der Waals surface area contributed by atoms with Crippen molar-refractivity contribution < 1.29 is 19.5 Å². The van der Waals surface area contributed by atoms with Crippen LogP contribution in [0.2, 0.25) is 0 Å². The maximum atomic E-state index is 14.3. The Morgan fingerprint density at radius 2 is 1.42 bits per heavy atom. The molecular formula is C35H57N13O4S3. The summed E-state index contributed by atoms with van der Waals surface area (Å²) in [6.07, 6.45) is 2.06. The maximum absolute atomic E-state index is 14.3. The standard InChI is InChI=1S/C35H57N13O4S3/c1-16(2)14-22(46-33(52)29-26(45-20(7)53-29)21(44-19(6)49)10-8-12-41-34(37)38)27-30(54-23(47-27)11-9-13-42-35(39)40)32(51)43-18(5)25-28(31(36)50)55-24(48-25)15-17(3)4/h16-18,21-22,32,43,51H,8-15H2,1-7H3,(H2,36,50)(H,44,49)(H,46,52)(H4,37,38,41)(H4,39,40,42)/t18-,21-,22-,32?/m0/s1. The maximum Gasteiger partial charge on any atom is 0.263 e. The summed E-state index contributed by atoms with van der Waals surface area (Å²) < 4.78 is 0. The molecule has 0 aliphatic rings. The molecule has 14 N–H and O–H groups in total. The minimum Gasteiger partial charge on any atom is -0.373 e. The number of rotatable bonds is 22. The highest BCUT2D eigenvalue weighted by Crippen LogP contribution is 2.36. The van der Waals surface area contributed by atoms with Crippen molar-refractivity contribution >= 4 is 63.7 Å². The van der Waals surface area contributed by atoms with Crippen LogP contribution >= 0.6 is 34.0 Å². The second kappa shape index (κ2) is 21.2. The summed E-state index contributed by atoms with van der Waals surface area (Å²) >= 11 is 3.80. The number of hydrogen-bond acceptors (Lipinski definition) is 13. The first kappa shape index (κ1) is 45.2. The van der Waals surface area contributed by atoms with Gasteiger partial charge in [-0.3, -0.25) is 30.5 Å². The molecule has 0 spiro atoms. The SMILES string of the molecule is CC(=O)N[C@@H](CCCNC(=N)N)c1nc(C)sc1C(=O)N[C@@H](CC(C)C)c1nc(CCCNC(=N)N)sc1C(O)N[C@@H](C)c1nc(CC(C)C)sc1C(N)=O. The Hall–Kier alpha value is -4.24. The number of carbonyl (C=O) groups is 3. The zero-order valence-electron chi connectivity index (χ0n) is 32.6. The van der Waals surface area contributed by atoms with E-state index in [0.717, 1.165) is 10.0 Å². The summed E-state index contributed by atoms with van der Waals surface area (Å²) in [4.78, 5) is 54.5. The highest BCUT2D eigenvalue weighted by molar-refractivity contribution is 7.14. The van der Waals surface area contributed by atoms with Crippen LogP contribution in [0.4, 0.5) is 0 Å². The fourth-order valence-corrected chi connectivity index (χ4v) is 9.13. The molecule has 3 aromatic heterocycles. The number of nitrogens with two attached hydrogens (primary N) is 3. The van der Waals surface area contributed by atoms with Gasteiger partial charge in [0.1, 0.15) is 16.0 Å². The molecule has 17 nitrogen and oxygen atoms in total. The smallest absolute Gasteiger partial charge is 0.263 e. The number of thiazole rings is 3. The molecule has 0 aromatic carbocycles. The highest BCUT2D eigenvalue weighted by Gasteiger charge is 2.32. The largest absolute Gasteiger partial charge is 0.373 e. The van der Waals surface area contributed by atoms with Gasteiger partial charge in [0, 0.05) is 32.9 Å². The Morgan fingerprint density at radius 1 is 0.782 bits per heavy atom. The minimum absolute atomic E-state index is 0.114. The molecule has 55 heavy (non-hydrogen) atoms. The van der Waals surface area contributed by atoms with E-state index in [-0.39, 0.29) is 23.7 Å². The first-order valence-corrected chi connectivity index (χ1v) is 20.7. The monoisotopic (exact) mass is 819 g/mol. The van der Waals surface area contributed by atoms with E-state index in [2.05, 4.69) is 45.4 Å². The zero-order chi connectivity index (χ0) is 41.0. The van der Waals surface area contributed by atoms with Crippen molar-refractivity contribution in [1.29, 1.82) is 10.8 Å². The van der Waals surface area contributed by atoms with Gasteiger partial charge in [0.25, 0.3) is 11.8 Å². The van der Waals surface area contributed by atoms with Crippen molar-refractivity contribution in [2.45, 2.75) is 111 Å². The predicted molar refractivity (Wildman–Crippen MR) is 218 cm³/mol. The van der Waals surface area contributed by atoms with Crippen molar-refractivity contribution in [2.24, 2.45) is 29.0 Å². The number of aromatic nitrogens is 3. The summed E-state index contributed by atoms with van der Waals surface area (Å²) in [5.74, 6) is -1.10. The van der Waals surface area contributed by atoms with Crippen LogP contribution < -0.4 is 43.8 Å². The Balaban J connectivity index is 2.00. The van der Waals surface area contributed by atoms with Crippen LogP contribution in [0.3, 0.4) is 0 Å². The van der Waals surface area contributed by atoms with E-state index in [0.29, 0.717) is 94.3 Å². The lowest BCUT2D eigenvalue weighted by Crippen LogP contribution is -2.34. The van der Waals surface area contributed by atoms with E-state index < -0.39 is 36.2 Å². The van der Waals surface area contributed by atoms with Gasteiger partial charge in [-0.05, 0) is 51.4 Å². The van der Waals surface area contributed by atoms with Crippen LogP contribution in [-0.2, 0) is 17.6 Å². The molecule has 0 aliphatic carbocycles. The topological polar surface area (TPSA) is 296 Å². The molecule has 3 aromatic rings. The molecule has 3 amide bonds. The van der Waals surface area contributed by atoms with Gasteiger partial charge < -0.3 is 43.6 Å². The molecule has 304 valence electrons. The van der Waals surface area contributed by atoms with Gasteiger partial charge in [-0.1, -0.05) is 27.7 Å². The zero-order valence-corrected chi connectivity index (χ0v) is 35.0. The lowest BCUT2D eigenvalue weighted by Gasteiger charge is -2.24. The van der Waals surface area contributed by atoms with Gasteiger partial charge in [-0.25, -0.2) is 15.0 Å². The van der Waals surface area contributed by atoms with E-state index in [1.807, 2.05) is 20.8 Å². The Kier molecular flexibility index (Phi) is 17.4. The summed E-state index contributed by atoms with van der Waals surface area (Å²) in [6.45, 7) is 14.1. The van der Waals surface area contributed by atoms with Crippen molar-refractivity contribution in [3.63, 3.8) is 0 Å². The van der Waals surface area contributed by atoms with Crippen molar-refractivity contribution in [1.82, 2.24) is 41.5 Å². The molecule has 0 aliphatic heterocycles. The number of nitrogens with zero attached hydrogens (tertiary/aromatic N) is 3. The number of carbonyl (C=O) groups excluding carboxylic acids is 3. The average molecular weight is 820 g/mol. The van der Waals surface area contributed by atoms with Crippen LogP contribution in [0.15, 0.2) is 0 Å². The molecule has 0 radical (unpaired) electrons. The van der Waals surface area contributed by atoms with E-state index in [9.17, 15) is 19.5 Å². The summed E-state index contributed by atoms with van der Waals surface area (Å²) in [5, 5.41) is 43.7. The van der Waals surface area contributed by atoms with Gasteiger partial charge >= 0.3 is 0 Å². The number of primary amides is 1. The molecule has 0 fully saturated rings. The van der Waals surface area contributed by atoms with Crippen LogP contribution in [0.5, 0.6) is 0 Å². The van der Waals surface area contributed by atoms with Crippen molar-refractivity contribution in [2.75, 3.05) is 13.1 Å². The number of aliphatic hydroxyl groups is 1. The number of hydrogen-bond donors (Lipinski definition) is 11. The van der Waals surface area contributed by atoms with Gasteiger partial charge in [0.15, 0.2) is 11.9 Å². The van der Waals surface area contributed by atoms with Gasteiger partial charge in [-0.2, -0.15) is 0 Å². The van der Waals surface area contributed by atoms with Gasteiger partial charge in [0.05, 0.1) is 55.1 Å². The third-order valence-corrected chi connectivity index (χ3v) is 11.5. The molecule has 20 heteroatoms. The number of aliphatic hydroxyl groups excluding tert-OH is 1. The molecule has 0 saturated heterocycles. The van der Waals surface area contributed by atoms with E-state index >= 15 is 0 Å². The second-order valence-electron chi connectivity index (χ2n) is 14.2. The molecular weight excluding hydrogens is 763 g/mol. The highest BCUT2D eigenvalue weighted by atomic mass is 32.1. The molecule has 0 bridgehead atoms. The van der Waals surface area contributed by atoms with Crippen LogP contribution in [0.1, 0.15) is 148 Å². The minimum atomic E-state index is -1.25. The van der Waals surface area contributed by atoms with Gasteiger partial charge in [0.2, 0.25) is 5.91 Å². The second-order valence-corrected chi connectivity index (χ2v) is 17.6. The Bertz CT molecular complexity index is 1790. The lowest BCUT2D eigenvalue weighted by molar-refractivity contribution is -0.119. The third kappa shape index (κ3) is 14.1.